The summed E-state index contributed by atoms with van der Waals surface area (Å²) in [5, 5.41) is 3.63. The maximum absolute atomic E-state index is 5.93. The molecule has 1 N–H and O–H groups in total. The van der Waals surface area contributed by atoms with E-state index in [-0.39, 0.29) is 6.10 Å². The summed E-state index contributed by atoms with van der Waals surface area (Å²) in [6.45, 7) is 7.59. The van der Waals surface area contributed by atoms with Crippen molar-refractivity contribution < 1.29 is 4.74 Å². The molecule has 0 saturated carbocycles. The van der Waals surface area contributed by atoms with Crippen LogP contribution in [0.3, 0.4) is 0 Å². The van der Waals surface area contributed by atoms with E-state index in [0.29, 0.717) is 6.04 Å². The Labute approximate surface area is 111 Å². The predicted octanol–water partition coefficient (Wildman–Crippen LogP) is 3.92. The third kappa shape index (κ3) is 3.26. The smallest absolute Gasteiger partial charge is 0.124 e. The van der Waals surface area contributed by atoms with Gasteiger partial charge in [-0.25, -0.2) is 0 Å². The van der Waals surface area contributed by atoms with Crippen LogP contribution in [0.15, 0.2) is 24.3 Å². The number of rotatable bonds is 4. The van der Waals surface area contributed by atoms with E-state index in [1.54, 1.807) is 0 Å². The van der Waals surface area contributed by atoms with Crippen LogP contribution in [-0.4, -0.2) is 12.6 Å². The summed E-state index contributed by atoms with van der Waals surface area (Å²) >= 11 is 0. The van der Waals surface area contributed by atoms with E-state index in [4.69, 9.17) is 4.74 Å². The van der Waals surface area contributed by atoms with Crippen LogP contribution in [0.1, 0.15) is 51.6 Å². The average molecular weight is 247 g/mol. The molecule has 18 heavy (non-hydrogen) atoms. The molecular formula is C16H25NO. The van der Waals surface area contributed by atoms with Gasteiger partial charge in [-0.15, -0.1) is 0 Å². The van der Waals surface area contributed by atoms with Gasteiger partial charge in [0.25, 0.3) is 0 Å². The van der Waals surface area contributed by atoms with Crippen molar-refractivity contribution in [1.82, 2.24) is 5.32 Å². The summed E-state index contributed by atoms with van der Waals surface area (Å²) in [5.41, 5.74) is 1.32. The Bertz CT molecular complexity index is 375. The van der Waals surface area contributed by atoms with E-state index < -0.39 is 0 Å². The maximum Gasteiger partial charge on any atom is 0.124 e. The summed E-state index contributed by atoms with van der Waals surface area (Å²) in [7, 11) is 0. The first-order valence-electron chi connectivity index (χ1n) is 7.19. The van der Waals surface area contributed by atoms with Gasteiger partial charge in [0.15, 0.2) is 0 Å². The van der Waals surface area contributed by atoms with Gasteiger partial charge in [-0.1, -0.05) is 31.5 Å². The molecule has 1 aromatic carbocycles. The highest BCUT2D eigenvalue weighted by Gasteiger charge is 2.23. The Balaban J connectivity index is 2.16. The average Bonchev–Trinajstić information content (AvgIpc) is 2.39. The highest BCUT2D eigenvalue weighted by Crippen LogP contribution is 2.34. The van der Waals surface area contributed by atoms with E-state index in [9.17, 15) is 0 Å². The normalized spacial score (nSPS) is 24.2. The van der Waals surface area contributed by atoms with Gasteiger partial charge in [0.1, 0.15) is 5.75 Å². The molecule has 2 heteroatoms. The summed E-state index contributed by atoms with van der Waals surface area (Å²) in [4.78, 5) is 0. The van der Waals surface area contributed by atoms with Crippen LogP contribution in [0, 0.1) is 5.92 Å². The van der Waals surface area contributed by atoms with Crippen LogP contribution in [0.4, 0.5) is 0 Å². The topological polar surface area (TPSA) is 21.3 Å². The van der Waals surface area contributed by atoms with Crippen LogP contribution in [0.25, 0.3) is 0 Å². The first-order chi connectivity index (χ1) is 8.70. The van der Waals surface area contributed by atoms with E-state index in [1.165, 1.54) is 24.8 Å². The third-order valence-corrected chi connectivity index (χ3v) is 3.75. The summed E-state index contributed by atoms with van der Waals surface area (Å²) < 4.78 is 5.93. The molecule has 100 valence electrons. The van der Waals surface area contributed by atoms with Crippen LogP contribution in [-0.2, 0) is 0 Å². The zero-order valence-electron chi connectivity index (χ0n) is 11.8. The first-order valence-corrected chi connectivity index (χ1v) is 7.19. The van der Waals surface area contributed by atoms with E-state index in [0.717, 1.165) is 18.2 Å². The molecular weight excluding hydrogens is 222 g/mol. The summed E-state index contributed by atoms with van der Waals surface area (Å²) in [6, 6.07) is 8.92. The lowest BCUT2D eigenvalue weighted by molar-refractivity contribution is 0.231. The number of nitrogens with one attached hydrogen (secondary N) is 1. The second-order valence-electron chi connectivity index (χ2n) is 5.51. The molecule has 2 atom stereocenters. The lowest BCUT2D eigenvalue weighted by atomic mass is 9.87. The molecule has 0 amide bonds. The van der Waals surface area contributed by atoms with Crippen LogP contribution in [0.2, 0.25) is 0 Å². The van der Waals surface area contributed by atoms with Crippen molar-refractivity contribution in [2.75, 3.05) is 6.54 Å². The zero-order chi connectivity index (χ0) is 13.0. The Morgan fingerprint density at radius 2 is 2.11 bits per heavy atom. The maximum atomic E-state index is 5.93. The minimum Gasteiger partial charge on any atom is -0.491 e. The molecule has 1 aliphatic heterocycles. The Morgan fingerprint density at radius 3 is 2.83 bits per heavy atom. The molecule has 1 fully saturated rings. The molecule has 0 radical (unpaired) electrons. The number of hydrogen-bond donors (Lipinski definition) is 1. The molecule has 1 aromatic rings. The van der Waals surface area contributed by atoms with Gasteiger partial charge in [-0.2, -0.15) is 0 Å². The Kier molecular flexibility index (Phi) is 4.65. The van der Waals surface area contributed by atoms with Crippen molar-refractivity contribution in [1.29, 1.82) is 0 Å². The van der Waals surface area contributed by atoms with Gasteiger partial charge in [-0.05, 0) is 45.2 Å². The SMILES string of the molecule is CCC1CCNC(c2ccccc2OC(C)C)C1. The number of piperidine rings is 1. The number of hydrogen-bond acceptors (Lipinski definition) is 2. The number of ether oxygens (including phenoxy) is 1. The lowest BCUT2D eigenvalue weighted by Crippen LogP contribution is -2.32. The second kappa shape index (κ2) is 6.24. The number of benzene rings is 1. The van der Waals surface area contributed by atoms with E-state index in [2.05, 4.69) is 50.4 Å². The Hall–Kier alpha value is -1.02. The van der Waals surface area contributed by atoms with Gasteiger partial charge < -0.3 is 10.1 Å². The predicted molar refractivity (Wildman–Crippen MR) is 76.0 cm³/mol. The zero-order valence-corrected chi connectivity index (χ0v) is 11.8. The third-order valence-electron chi connectivity index (χ3n) is 3.75. The van der Waals surface area contributed by atoms with E-state index >= 15 is 0 Å². The monoisotopic (exact) mass is 247 g/mol. The molecule has 0 spiro atoms. The van der Waals surface area contributed by atoms with Gasteiger partial charge in [-0.3, -0.25) is 0 Å². The molecule has 0 aromatic heterocycles. The minimum atomic E-state index is 0.233. The van der Waals surface area contributed by atoms with Crippen LogP contribution >= 0.6 is 0 Å². The second-order valence-corrected chi connectivity index (χ2v) is 5.51. The quantitative estimate of drug-likeness (QED) is 0.870. The highest BCUT2D eigenvalue weighted by molar-refractivity contribution is 5.36. The fraction of sp³-hybridized carbons (Fsp3) is 0.625. The largest absolute Gasteiger partial charge is 0.491 e. The Morgan fingerprint density at radius 1 is 1.33 bits per heavy atom. The molecule has 1 saturated heterocycles. The van der Waals surface area contributed by atoms with Crippen molar-refractivity contribution >= 4 is 0 Å². The van der Waals surface area contributed by atoms with E-state index in [1.807, 2.05) is 0 Å². The van der Waals surface area contributed by atoms with Crippen molar-refractivity contribution in [2.24, 2.45) is 5.92 Å². The van der Waals surface area contributed by atoms with Crippen LogP contribution < -0.4 is 10.1 Å². The molecule has 2 rings (SSSR count). The molecule has 2 nitrogen and oxygen atoms in total. The number of para-hydroxylation sites is 1. The standard InChI is InChI=1S/C16H25NO/c1-4-13-9-10-17-15(11-13)14-7-5-6-8-16(14)18-12(2)3/h5-8,12-13,15,17H,4,9-11H2,1-3H3. The van der Waals surface area contributed by atoms with Gasteiger partial charge >= 0.3 is 0 Å². The molecule has 0 bridgehead atoms. The molecule has 1 aliphatic rings. The van der Waals surface area contributed by atoms with Gasteiger partial charge in [0.2, 0.25) is 0 Å². The van der Waals surface area contributed by atoms with Gasteiger partial charge in [0.05, 0.1) is 6.10 Å². The van der Waals surface area contributed by atoms with Gasteiger partial charge in [0, 0.05) is 11.6 Å². The molecule has 0 aliphatic carbocycles. The molecule has 2 unspecified atom stereocenters. The van der Waals surface area contributed by atoms with Crippen molar-refractivity contribution in [2.45, 2.75) is 52.2 Å². The van der Waals surface area contributed by atoms with Crippen molar-refractivity contribution in [3.8, 4) is 5.75 Å². The summed E-state index contributed by atoms with van der Waals surface area (Å²) in [5.74, 6) is 1.89. The summed E-state index contributed by atoms with van der Waals surface area (Å²) in [6.07, 6.45) is 4.05. The lowest BCUT2D eigenvalue weighted by Gasteiger charge is -2.31. The fourth-order valence-corrected chi connectivity index (χ4v) is 2.73. The van der Waals surface area contributed by atoms with Crippen molar-refractivity contribution in [3.05, 3.63) is 29.8 Å². The van der Waals surface area contributed by atoms with Crippen LogP contribution in [0.5, 0.6) is 5.75 Å². The minimum absolute atomic E-state index is 0.233. The highest BCUT2D eigenvalue weighted by atomic mass is 16.5. The first kappa shape index (κ1) is 13.4. The van der Waals surface area contributed by atoms with Crippen molar-refractivity contribution in [3.63, 3.8) is 0 Å². The molecule has 1 heterocycles. The fourth-order valence-electron chi connectivity index (χ4n) is 2.73.